The van der Waals surface area contributed by atoms with Gasteiger partial charge in [-0.15, -0.1) is 0 Å². The zero-order valence-corrected chi connectivity index (χ0v) is 9.49. The number of nitrogens with one attached hydrogen (secondary N) is 1. The molecular weight excluding hydrogens is 198 g/mol. The van der Waals surface area contributed by atoms with Gasteiger partial charge in [0.05, 0.1) is 0 Å². The molecule has 0 saturated carbocycles. The lowest BCUT2D eigenvalue weighted by atomic mass is 10.1. The van der Waals surface area contributed by atoms with Crippen LogP contribution in [0, 0.1) is 13.8 Å². The van der Waals surface area contributed by atoms with Crippen LogP contribution in [-0.4, -0.2) is 5.11 Å². The summed E-state index contributed by atoms with van der Waals surface area (Å²) < 4.78 is 0. The molecule has 2 N–H and O–H groups in total. The van der Waals surface area contributed by atoms with E-state index in [2.05, 4.69) is 37.4 Å². The second kappa shape index (κ2) is 4.27. The SMILES string of the molecule is Cc1ccc(Nc2ccc(O)cc2)cc1C. The summed E-state index contributed by atoms with van der Waals surface area (Å²) in [5.41, 5.74) is 4.59. The number of rotatable bonds is 2. The number of anilines is 2. The Morgan fingerprint density at radius 1 is 0.812 bits per heavy atom. The highest BCUT2D eigenvalue weighted by Gasteiger charge is 1.97. The molecule has 2 aromatic rings. The maximum absolute atomic E-state index is 9.18. The van der Waals surface area contributed by atoms with E-state index in [-0.39, 0.29) is 5.75 Å². The smallest absolute Gasteiger partial charge is 0.115 e. The molecule has 0 radical (unpaired) electrons. The van der Waals surface area contributed by atoms with Crippen molar-refractivity contribution in [3.63, 3.8) is 0 Å². The molecule has 2 rings (SSSR count). The van der Waals surface area contributed by atoms with Gasteiger partial charge in [-0.25, -0.2) is 0 Å². The first-order valence-electron chi connectivity index (χ1n) is 5.28. The van der Waals surface area contributed by atoms with Gasteiger partial charge >= 0.3 is 0 Å². The average Bonchev–Trinajstić information content (AvgIpc) is 2.27. The average molecular weight is 213 g/mol. The van der Waals surface area contributed by atoms with Gasteiger partial charge in [0.1, 0.15) is 5.75 Å². The quantitative estimate of drug-likeness (QED) is 0.744. The summed E-state index contributed by atoms with van der Waals surface area (Å²) in [6.07, 6.45) is 0. The van der Waals surface area contributed by atoms with E-state index in [1.807, 2.05) is 12.1 Å². The van der Waals surface area contributed by atoms with Crippen LogP contribution in [0.1, 0.15) is 11.1 Å². The van der Waals surface area contributed by atoms with Crippen molar-refractivity contribution in [3.05, 3.63) is 53.6 Å². The van der Waals surface area contributed by atoms with Crippen LogP contribution in [0.15, 0.2) is 42.5 Å². The number of aryl methyl sites for hydroxylation is 2. The molecule has 0 unspecified atom stereocenters. The van der Waals surface area contributed by atoms with Gasteiger partial charge in [-0.05, 0) is 61.4 Å². The molecule has 2 heteroatoms. The molecule has 0 amide bonds. The number of phenolic OH excluding ortho intramolecular Hbond substituents is 1. The summed E-state index contributed by atoms with van der Waals surface area (Å²) >= 11 is 0. The molecule has 0 heterocycles. The predicted molar refractivity (Wildman–Crippen MR) is 67.3 cm³/mol. The Morgan fingerprint density at radius 2 is 1.44 bits per heavy atom. The monoisotopic (exact) mass is 213 g/mol. The summed E-state index contributed by atoms with van der Waals surface area (Å²) in [6.45, 7) is 4.19. The molecule has 0 fully saturated rings. The number of benzene rings is 2. The Morgan fingerprint density at radius 3 is 2.06 bits per heavy atom. The van der Waals surface area contributed by atoms with E-state index in [0.717, 1.165) is 11.4 Å². The van der Waals surface area contributed by atoms with Crippen molar-refractivity contribution in [2.24, 2.45) is 0 Å². The topological polar surface area (TPSA) is 32.3 Å². The summed E-state index contributed by atoms with van der Waals surface area (Å²) in [5, 5.41) is 12.5. The molecule has 16 heavy (non-hydrogen) atoms. The van der Waals surface area contributed by atoms with Gasteiger partial charge in [-0.3, -0.25) is 0 Å². The van der Waals surface area contributed by atoms with Crippen molar-refractivity contribution in [1.29, 1.82) is 0 Å². The van der Waals surface area contributed by atoms with Crippen molar-refractivity contribution >= 4 is 11.4 Å². The van der Waals surface area contributed by atoms with Gasteiger partial charge in [0, 0.05) is 11.4 Å². The van der Waals surface area contributed by atoms with Crippen LogP contribution >= 0.6 is 0 Å². The molecule has 0 spiro atoms. The molecule has 0 aromatic heterocycles. The second-order valence-corrected chi connectivity index (χ2v) is 3.97. The lowest BCUT2D eigenvalue weighted by Crippen LogP contribution is -1.91. The summed E-state index contributed by atoms with van der Waals surface area (Å²) in [5.74, 6) is 0.283. The van der Waals surface area contributed by atoms with E-state index >= 15 is 0 Å². The fraction of sp³-hybridized carbons (Fsp3) is 0.143. The third-order valence-corrected chi connectivity index (χ3v) is 2.66. The maximum atomic E-state index is 9.18. The Balaban J connectivity index is 2.20. The van der Waals surface area contributed by atoms with E-state index in [4.69, 9.17) is 0 Å². The first-order valence-corrected chi connectivity index (χ1v) is 5.28. The molecule has 0 aliphatic heterocycles. The summed E-state index contributed by atoms with van der Waals surface area (Å²) in [6, 6.07) is 13.3. The fourth-order valence-corrected chi connectivity index (χ4v) is 1.53. The lowest BCUT2D eigenvalue weighted by Gasteiger charge is -2.08. The van der Waals surface area contributed by atoms with Gasteiger partial charge < -0.3 is 10.4 Å². The Kier molecular flexibility index (Phi) is 2.82. The van der Waals surface area contributed by atoms with Crippen LogP contribution in [0.4, 0.5) is 11.4 Å². The molecule has 0 saturated heterocycles. The van der Waals surface area contributed by atoms with Crippen molar-refractivity contribution in [3.8, 4) is 5.75 Å². The van der Waals surface area contributed by atoms with E-state index in [0.29, 0.717) is 0 Å². The normalized spacial score (nSPS) is 10.1. The first-order chi connectivity index (χ1) is 7.65. The highest BCUT2D eigenvalue weighted by atomic mass is 16.3. The molecule has 2 aromatic carbocycles. The number of aromatic hydroxyl groups is 1. The second-order valence-electron chi connectivity index (χ2n) is 3.97. The van der Waals surface area contributed by atoms with Crippen LogP contribution in [-0.2, 0) is 0 Å². The Hall–Kier alpha value is -1.96. The summed E-state index contributed by atoms with van der Waals surface area (Å²) in [7, 11) is 0. The molecule has 0 atom stereocenters. The number of hydrogen-bond donors (Lipinski definition) is 2. The third-order valence-electron chi connectivity index (χ3n) is 2.66. The molecule has 82 valence electrons. The standard InChI is InChI=1S/C14H15NO/c1-10-3-4-13(9-11(10)2)15-12-5-7-14(16)8-6-12/h3-9,15-16H,1-2H3. The molecule has 0 bridgehead atoms. The van der Waals surface area contributed by atoms with E-state index in [9.17, 15) is 5.11 Å². The van der Waals surface area contributed by atoms with E-state index in [1.54, 1.807) is 12.1 Å². The minimum Gasteiger partial charge on any atom is -0.508 e. The van der Waals surface area contributed by atoms with E-state index in [1.165, 1.54) is 11.1 Å². The van der Waals surface area contributed by atoms with Gasteiger partial charge in [-0.1, -0.05) is 6.07 Å². The van der Waals surface area contributed by atoms with Crippen molar-refractivity contribution < 1.29 is 5.11 Å². The molecule has 0 aliphatic rings. The van der Waals surface area contributed by atoms with Crippen LogP contribution in [0.5, 0.6) is 5.75 Å². The highest BCUT2D eigenvalue weighted by Crippen LogP contribution is 2.21. The summed E-state index contributed by atoms with van der Waals surface area (Å²) in [4.78, 5) is 0. The lowest BCUT2D eigenvalue weighted by molar-refractivity contribution is 0.475. The zero-order chi connectivity index (χ0) is 11.5. The Labute approximate surface area is 95.6 Å². The largest absolute Gasteiger partial charge is 0.508 e. The fourth-order valence-electron chi connectivity index (χ4n) is 1.53. The van der Waals surface area contributed by atoms with Gasteiger partial charge in [0.15, 0.2) is 0 Å². The first kappa shape index (κ1) is 10.6. The molecule has 0 aliphatic carbocycles. The van der Waals surface area contributed by atoms with Gasteiger partial charge in [0.25, 0.3) is 0 Å². The predicted octanol–water partition coefficient (Wildman–Crippen LogP) is 3.75. The van der Waals surface area contributed by atoms with Crippen molar-refractivity contribution in [1.82, 2.24) is 0 Å². The minimum atomic E-state index is 0.283. The van der Waals surface area contributed by atoms with Gasteiger partial charge in [0.2, 0.25) is 0 Å². The van der Waals surface area contributed by atoms with Crippen LogP contribution < -0.4 is 5.32 Å². The van der Waals surface area contributed by atoms with Crippen LogP contribution in [0.3, 0.4) is 0 Å². The maximum Gasteiger partial charge on any atom is 0.115 e. The molecule has 2 nitrogen and oxygen atoms in total. The number of hydrogen-bond acceptors (Lipinski definition) is 2. The van der Waals surface area contributed by atoms with Crippen molar-refractivity contribution in [2.45, 2.75) is 13.8 Å². The van der Waals surface area contributed by atoms with Gasteiger partial charge in [-0.2, -0.15) is 0 Å². The third kappa shape index (κ3) is 2.34. The highest BCUT2D eigenvalue weighted by molar-refractivity contribution is 5.61. The van der Waals surface area contributed by atoms with E-state index < -0.39 is 0 Å². The van der Waals surface area contributed by atoms with Crippen molar-refractivity contribution in [2.75, 3.05) is 5.32 Å². The number of phenols is 1. The minimum absolute atomic E-state index is 0.283. The zero-order valence-electron chi connectivity index (χ0n) is 9.49. The Bertz CT molecular complexity index is 489. The van der Waals surface area contributed by atoms with Crippen LogP contribution in [0.25, 0.3) is 0 Å². The van der Waals surface area contributed by atoms with Crippen LogP contribution in [0.2, 0.25) is 0 Å². The molecular formula is C14H15NO.